The minimum atomic E-state index is -4.54. The number of aliphatic hydroxyl groups is 1. The summed E-state index contributed by atoms with van der Waals surface area (Å²) in [7, 11) is 0. The van der Waals surface area contributed by atoms with Crippen LogP contribution in [0.2, 0.25) is 0 Å². The standard InChI is InChI=1S/C20H16F3N5O2/c21-20(22,23)16-6-5-13(7-25-16)17-18(24)26-8-15(27-17)11-1-3-12(4-2-11)19(30)28-9-14(29)10-28/h1-8,14,29H,9-10H2,(H2,24,26). The van der Waals surface area contributed by atoms with Crippen molar-refractivity contribution >= 4 is 11.7 Å². The molecule has 3 heterocycles. The molecule has 4 rings (SSSR count). The molecule has 0 unspecified atom stereocenters. The number of nitrogens with two attached hydrogens (primary N) is 1. The van der Waals surface area contributed by atoms with Crippen LogP contribution in [-0.4, -0.2) is 50.1 Å². The third-order valence-electron chi connectivity index (χ3n) is 4.71. The fourth-order valence-corrected chi connectivity index (χ4v) is 3.04. The van der Waals surface area contributed by atoms with Gasteiger partial charge >= 0.3 is 6.18 Å². The van der Waals surface area contributed by atoms with Gasteiger partial charge in [0.1, 0.15) is 17.2 Å². The lowest BCUT2D eigenvalue weighted by molar-refractivity contribution is -0.141. The summed E-state index contributed by atoms with van der Waals surface area (Å²) in [6.07, 6.45) is -2.52. The van der Waals surface area contributed by atoms with Gasteiger partial charge in [-0.1, -0.05) is 12.1 Å². The lowest BCUT2D eigenvalue weighted by Gasteiger charge is -2.35. The van der Waals surface area contributed by atoms with Crippen LogP contribution in [0.5, 0.6) is 0 Å². The zero-order valence-electron chi connectivity index (χ0n) is 15.5. The summed E-state index contributed by atoms with van der Waals surface area (Å²) in [6, 6.07) is 8.76. The molecule has 1 fully saturated rings. The van der Waals surface area contributed by atoms with Gasteiger partial charge in [0.05, 0.1) is 18.0 Å². The van der Waals surface area contributed by atoms with E-state index in [0.29, 0.717) is 35.5 Å². The Morgan fingerprint density at radius 1 is 1.03 bits per heavy atom. The Morgan fingerprint density at radius 3 is 2.27 bits per heavy atom. The Balaban J connectivity index is 1.59. The number of halogens is 3. The Kier molecular flexibility index (Phi) is 4.86. The Bertz CT molecular complexity index is 1080. The second kappa shape index (κ2) is 7.38. The van der Waals surface area contributed by atoms with Crippen molar-refractivity contribution < 1.29 is 23.1 Å². The van der Waals surface area contributed by atoms with Crippen molar-refractivity contribution in [1.29, 1.82) is 0 Å². The number of amides is 1. The SMILES string of the molecule is Nc1ncc(-c2ccc(C(=O)N3CC(O)C3)cc2)nc1-c1ccc(C(F)(F)F)nc1. The number of nitrogen functional groups attached to an aromatic ring is 1. The molecule has 1 aromatic carbocycles. The Morgan fingerprint density at radius 2 is 1.70 bits per heavy atom. The molecule has 0 saturated carbocycles. The van der Waals surface area contributed by atoms with Crippen LogP contribution >= 0.6 is 0 Å². The molecule has 3 N–H and O–H groups in total. The number of alkyl halides is 3. The zero-order valence-corrected chi connectivity index (χ0v) is 15.5. The zero-order chi connectivity index (χ0) is 21.5. The average molecular weight is 415 g/mol. The fraction of sp³-hybridized carbons (Fsp3) is 0.200. The first kappa shape index (κ1) is 19.8. The predicted octanol–water partition coefficient (Wildman–Crippen LogP) is 2.62. The number of aliphatic hydroxyl groups excluding tert-OH is 1. The molecule has 1 saturated heterocycles. The van der Waals surface area contributed by atoms with Crippen LogP contribution in [-0.2, 0) is 6.18 Å². The lowest BCUT2D eigenvalue weighted by atomic mass is 10.1. The summed E-state index contributed by atoms with van der Waals surface area (Å²) in [6.45, 7) is 0.628. The number of hydrogen-bond donors (Lipinski definition) is 2. The number of carbonyl (C=O) groups excluding carboxylic acids is 1. The third-order valence-corrected chi connectivity index (χ3v) is 4.71. The normalized spacial score (nSPS) is 14.5. The summed E-state index contributed by atoms with van der Waals surface area (Å²) in [5.74, 6) is -0.116. The van der Waals surface area contributed by atoms with Gasteiger partial charge in [-0.3, -0.25) is 9.78 Å². The first-order valence-corrected chi connectivity index (χ1v) is 8.96. The topological polar surface area (TPSA) is 105 Å². The molecule has 0 atom stereocenters. The molecule has 3 aromatic rings. The number of β-amino-alcohol motifs (C(OH)–C–C–N with tert-alkyl or cyclic N) is 1. The molecule has 10 heteroatoms. The molecule has 154 valence electrons. The van der Waals surface area contributed by atoms with Crippen molar-refractivity contribution in [2.75, 3.05) is 18.8 Å². The van der Waals surface area contributed by atoms with Gasteiger partial charge in [0.15, 0.2) is 0 Å². The van der Waals surface area contributed by atoms with E-state index < -0.39 is 18.0 Å². The highest BCUT2D eigenvalue weighted by molar-refractivity contribution is 5.95. The predicted molar refractivity (Wildman–Crippen MR) is 102 cm³/mol. The van der Waals surface area contributed by atoms with Gasteiger partial charge in [0.2, 0.25) is 0 Å². The largest absolute Gasteiger partial charge is 0.433 e. The minimum absolute atomic E-state index is 0.0587. The number of benzene rings is 1. The summed E-state index contributed by atoms with van der Waals surface area (Å²) in [4.78, 5) is 25.7. The van der Waals surface area contributed by atoms with Crippen molar-refractivity contribution in [3.8, 4) is 22.5 Å². The molecule has 0 spiro atoms. The van der Waals surface area contributed by atoms with Gasteiger partial charge in [0.25, 0.3) is 5.91 Å². The number of rotatable bonds is 3. The van der Waals surface area contributed by atoms with Crippen LogP contribution in [0.3, 0.4) is 0 Å². The van der Waals surface area contributed by atoms with Crippen molar-refractivity contribution in [2.24, 2.45) is 0 Å². The molecule has 0 bridgehead atoms. The number of anilines is 1. The number of aromatic nitrogens is 3. The van der Waals surface area contributed by atoms with Crippen molar-refractivity contribution in [2.45, 2.75) is 12.3 Å². The van der Waals surface area contributed by atoms with E-state index in [1.165, 1.54) is 12.3 Å². The summed E-state index contributed by atoms with van der Waals surface area (Å²) in [5.41, 5.74) is 6.94. The van der Waals surface area contributed by atoms with E-state index in [1.807, 2.05) is 0 Å². The van der Waals surface area contributed by atoms with Crippen molar-refractivity contribution in [1.82, 2.24) is 19.9 Å². The second-order valence-electron chi connectivity index (χ2n) is 6.86. The van der Waals surface area contributed by atoms with Gasteiger partial charge in [0, 0.05) is 36.0 Å². The van der Waals surface area contributed by atoms with Crippen LogP contribution in [0.25, 0.3) is 22.5 Å². The molecule has 2 aromatic heterocycles. The van der Waals surface area contributed by atoms with E-state index in [9.17, 15) is 23.1 Å². The number of carbonyl (C=O) groups is 1. The summed E-state index contributed by atoms with van der Waals surface area (Å²) in [5, 5.41) is 9.32. The van der Waals surface area contributed by atoms with Crippen LogP contribution in [0.4, 0.5) is 19.0 Å². The van der Waals surface area contributed by atoms with Gasteiger partial charge in [-0.05, 0) is 24.3 Å². The Labute approximate surface area is 169 Å². The van der Waals surface area contributed by atoms with Gasteiger partial charge in [-0.2, -0.15) is 13.2 Å². The van der Waals surface area contributed by atoms with E-state index in [-0.39, 0.29) is 17.4 Å². The molecule has 1 amide bonds. The quantitative estimate of drug-likeness (QED) is 0.681. The molecule has 0 aliphatic carbocycles. The molecule has 30 heavy (non-hydrogen) atoms. The highest BCUT2D eigenvalue weighted by Crippen LogP contribution is 2.30. The van der Waals surface area contributed by atoms with Crippen LogP contribution in [0.1, 0.15) is 16.1 Å². The van der Waals surface area contributed by atoms with E-state index in [2.05, 4.69) is 15.0 Å². The van der Waals surface area contributed by atoms with E-state index in [1.54, 1.807) is 29.2 Å². The van der Waals surface area contributed by atoms with Gasteiger partial charge in [-0.15, -0.1) is 0 Å². The van der Waals surface area contributed by atoms with Crippen molar-refractivity contribution in [3.05, 3.63) is 60.0 Å². The maximum absolute atomic E-state index is 12.7. The molecule has 1 aliphatic heterocycles. The van der Waals surface area contributed by atoms with Crippen LogP contribution in [0, 0.1) is 0 Å². The summed E-state index contributed by atoms with van der Waals surface area (Å²) >= 11 is 0. The average Bonchev–Trinajstić information content (AvgIpc) is 2.71. The van der Waals surface area contributed by atoms with E-state index in [0.717, 1.165) is 12.3 Å². The van der Waals surface area contributed by atoms with Crippen molar-refractivity contribution in [3.63, 3.8) is 0 Å². The van der Waals surface area contributed by atoms with Gasteiger partial charge < -0.3 is 15.7 Å². The molecular formula is C20H16F3N5O2. The van der Waals surface area contributed by atoms with Crippen LogP contribution < -0.4 is 5.73 Å². The van der Waals surface area contributed by atoms with E-state index >= 15 is 0 Å². The lowest BCUT2D eigenvalue weighted by Crippen LogP contribution is -2.53. The molecule has 1 aliphatic rings. The van der Waals surface area contributed by atoms with E-state index in [4.69, 9.17) is 5.73 Å². The molecule has 7 nitrogen and oxygen atoms in total. The minimum Gasteiger partial charge on any atom is -0.389 e. The fourth-order valence-electron chi connectivity index (χ4n) is 3.04. The maximum atomic E-state index is 12.7. The first-order valence-electron chi connectivity index (χ1n) is 8.96. The third kappa shape index (κ3) is 3.81. The molecular weight excluding hydrogens is 399 g/mol. The number of nitrogens with zero attached hydrogens (tertiary/aromatic N) is 4. The monoisotopic (exact) mass is 415 g/mol. The highest BCUT2D eigenvalue weighted by Gasteiger charge is 2.32. The Hall–Kier alpha value is -3.53. The summed E-state index contributed by atoms with van der Waals surface area (Å²) < 4.78 is 38.2. The second-order valence-corrected chi connectivity index (χ2v) is 6.86. The first-order chi connectivity index (χ1) is 14.2. The van der Waals surface area contributed by atoms with Gasteiger partial charge in [-0.25, -0.2) is 9.97 Å². The maximum Gasteiger partial charge on any atom is 0.433 e. The molecule has 0 radical (unpaired) electrons. The smallest absolute Gasteiger partial charge is 0.389 e. The number of hydrogen-bond acceptors (Lipinski definition) is 6. The number of pyridine rings is 1. The highest BCUT2D eigenvalue weighted by atomic mass is 19.4. The number of likely N-dealkylation sites (tertiary alicyclic amines) is 1. The van der Waals surface area contributed by atoms with Crippen LogP contribution in [0.15, 0.2) is 48.8 Å².